The molecule has 0 bridgehead atoms. The van der Waals surface area contributed by atoms with E-state index in [4.69, 9.17) is 9.26 Å². The number of carbonyl (C=O) groups excluding carboxylic acids is 1. The molecule has 0 aromatic carbocycles. The van der Waals surface area contributed by atoms with Crippen LogP contribution < -0.4 is 5.32 Å². The third-order valence-electron chi connectivity index (χ3n) is 5.60. The first-order valence-corrected chi connectivity index (χ1v) is 9.08. The summed E-state index contributed by atoms with van der Waals surface area (Å²) >= 11 is 0. The molecule has 1 aromatic heterocycles. The highest BCUT2D eigenvalue weighted by atomic mass is 16.5. The summed E-state index contributed by atoms with van der Waals surface area (Å²) in [6.45, 7) is 7.83. The van der Waals surface area contributed by atoms with Crippen LogP contribution in [-0.4, -0.2) is 67.4 Å². The van der Waals surface area contributed by atoms with Crippen LogP contribution in [0.15, 0.2) is 10.6 Å². The first kappa shape index (κ1) is 18.2. The number of rotatable bonds is 5. The Morgan fingerprint density at radius 1 is 1.40 bits per heavy atom. The Morgan fingerprint density at radius 2 is 2.12 bits per heavy atom. The molecule has 2 heterocycles. The number of carbonyl (C=O) groups is 1. The van der Waals surface area contributed by atoms with E-state index in [0.717, 1.165) is 30.8 Å². The fraction of sp³-hybridized carbons (Fsp3) is 0.778. The largest absolute Gasteiger partial charge is 0.378 e. The number of urea groups is 1. The number of aromatic nitrogens is 1. The number of ether oxygens (including phenoxy) is 1. The van der Waals surface area contributed by atoms with Crippen molar-refractivity contribution in [3.05, 3.63) is 17.5 Å². The highest BCUT2D eigenvalue weighted by Gasteiger charge is 2.49. The van der Waals surface area contributed by atoms with Crippen LogP contribution in [0.3, 0.4) is 0 Å². The molecule has 2 amide bonds. The van der Waals surface area contributed by atoms with Gasteiger partial charge in [0.1, 0.15) is 0 Å². The van der Waals surface area contributed by atoms with Crippen LogP contribution in [0.4, 0.5) is 4.79 Å². The van der Waals surface area contributed by atoms with Crippen LogP contribution in [0.25, 0.3) is 0 Å². The molecular formula is C18H30N4O3. The van der Waals surface area contributed by atoms with Gasteiger partial charge in [-0.25, -0.2) is 4.79 Å². The second-order valence-corrected chi connectivity index (χ2v) is 8.08. The van der Waals surface area contributed by atoms with Gasteiger partial charge in [0.05, 0.1) is 25.5 Å². The van der Waals surface area contributed by atoms with Gasteiger partial charge in [0.25, 0.3) is 0 Å². The van der Waals surface area contributed by atoms with Gasteiger partial charge < -0.3 is 24.4 Å². The van der Waals surface area contributed by atoms with Crippen molar-refractivity contribution in [2.45, 2.75) is 39.3 Å². The first-order valence-electron chi connectivity index (χ1n) is 9.08. The molecule has 140 valence electrons. The minimum absolute atomic E-state index is 0.0366. The summed E-state index contributed by atoms with van der Waals surface area (Å²) in [5.74, 6) is 1.40. The average molecular weight is 350 g/mol. The predicted molar refractivity (Wildman–Crippen MR) is 94.2 cm³/mol. The number of nitrogens with one attached hydrogen (secondary N) is 1. The van der Waals surface area contributed by atoms with E-state index in [9.17, 15) is 4.79 Å². The molecular weight excluding hydrogens is 320 g/mol. The molecule has 2 aliphatic rings. The van der Waals surface area contributed by atoms with Crippen molar-refractivity contribution in [3.8, 4) is 0 Å². The SMILES string of the molecule is CN(C)Cc1cc(CC2CC(NC(=O)N3CCOCC3)C2(C)C)no1. The van der Waals surface area contributed by atoms with Crippen molar-refractivity contribution in [2.24, 2.45) is 11.3 Å². The highest BCUT2D eigenvalue weighted by molar-refractivity contribution is 5.74. The molecule has 1 saturated heterocycles. The van der Waals surface area contributed by atoms with Crippen molar-refractivity contribution >= 4 is 6.03 Å². The molecule has 2 atom stereocenters. The zero-order valence-electron chi connectivity index (χ0n) is 15.7. The predicted octanol–water partition coefficient (Wildman–Crippen LogP) is 1.74. The molecule has 1 N–H and O–H groups in total. The minimum Gasteiger partial charge on any atom is -0.378 e. The van der Waals surface area contributed by atoms with Gasteiger partial charge in [0.15, 0.2) is 5.76 Å². The lowest BCUT2D eigenvalue weighted by Crippen LogP contribution is -2.61. The van der Waals surface area contributed by atoms with E-state index in [1.807, 2.05) is 19.0 Å². The summed E-state index contributed by atoms with van der Waals surface area (Å²) in [4.78, 5) is 16.3. The van der Waals surface area contributed by atoms with Gasteiger partial charge in [0, 0.05) is 25.2 Å². The molecule has 7 heteroatoms. The van der Waals surface area contributed by atoms with E-state index in [2.05, 4.69) is 35.3 Å². The molecule has 0 spiro atoms. The molecule has 3 rings (SSSR count). The van der Waals surface area contributed by atoms with Crippen LogP contribution in [0.5, 0.6) is 0 Å². The minimum atomic E-state index is 0.0366. The number of hydrogen-bond donors (Lipinski definition) is 1. The van der Waals surface area contributed by atoms with E-state index < -0.39 is 0 Å². The fourth-order valence-corrected chi connectivity index (χ4v) is 3.70. The maximum Gasteiger partial charge on any atom is 0.317 e. The Morgan fingerprint density at radius 3 is 2.76 bits per heavy atom. The van der Waals surface area contributed by atoms with Gasteiger partial charge in [-0.2, -0.15) is 0 Å². The summed E-state index contributed by atoms with van der Waals surface area (Å²) < 4.78 is 10.7. The van der Waals surface area contributed by atoms with Crippen molar-refractivity contribution < 1.29 is 14.1 Å². The quantitative estimate of drug-likeness (QED) is 0.876. The van der Waals surface area contributed by atoms with Crippen molar-refractivity contribution in [2.75, 3.05) is 40.4 Å². The monoisotopic (exact) mass is 350 g/mol. The number of nitrogens with zero attached hydrogens (tertiary/aromatic N) is 3. The molecule has 1 aliphatic heterocycles. The third kappa shape index (κ3) is 4.15. The van der Waals surface area contributed by atoms with Crippen LogP contribution in [0, 0.1) is 11.3 Å². The van der Waals surface area contributed by atoms with Crippen molar-refractivity contribution in [3.63, 3.8) is 0 Å². The second-order valence-electron chi connectivity index (χ2n) is 8.08. The molecule has 2 fully saturated rings. The van der Waals surface area contributed by atoms with E-state index in [-0.39, 0.29) is 17.5 Å². The summed E-state index contributed by atoms with van der Waals surface area (Å²) in [5, 5.41) is 7.41. The van der Waals surface area contributed by atoms with Gasteiger partial charge in [-0.3, -0.25) is 0 Å². The lowest BCUT2D eigenvalue weighted by molar-refractivity contribution is 0.0101. The van der Waals surface area contributed by atoms with Gasteiger partial charge in [-0.15, -0.1) is 0 Å². The Bertz CT molecular complexity index is 593. The lowest BCUT2D eigenvalue weighted by Gasteiger charge is -2.52. The highest BCUT2D eigenvalue weighted by Crippen LogP contribution is 2.47. The third-order valence-corrected chi connectivity index (χ3v) is 5.60. The zero-order valence-corrected chi connectivity index (χ0v) is 15.7. The molecule has 1 aliphatic carbocycles. The Labute approximate surface area is 149 Å². The van der Waals surface area contributed by atoms with Crippen LogP contribution in [0.2, 0.25) is 0 Å². The Balaban J connectivity index is 1.51. The van der Waals surface area contributed by atoms with Crippen molar-refractivity contribution in [1.29, 1.82) is 0 Å². The lowest BCUT2D eigenvalue weighted by atomic mass is 9.57. The van der Waals surface area contributed by atoms with Gasteiger partial charge in [-0.05, 0) is 38.3 Å². The second kappa shape index (κ2) is 7.33. The average Bonchev–Trinajstić information content (AvgIpc) is 3.01. The number of hydrogen-bond acceptors (Lipinski definition) is 5. The molecule has 0 radical (unpaired) electrons. The maximum absolute atomic E-state index is 12.4. The zero-order chi connectivity index (χ0) is 18.0. The normalized spacial score (nSPS) is 25.7. The number of amides is 2. The summed E-state index contributed by atoms with van der Waals surface area (Å²) in [5.41, 5.74) is 1.07. The smallest absolute Gasteiger partial charge is 0.317 e. The molecule has 7 nitrogen and oxygen atoms in total. The standard InChI is InChI=1S/C18H30N4O3/c1-18(2)13(9-14-11-15(25-20-14)12-21(3)4)10-16(18)19-17(23)22-5-7-24-8-6-22/h11,13,16H,5-10,12H2,1-4H3,(H,19,23). The van der Waals surface area contributed by atoms with Gasteiger partial charge >= 0.3 is 6.03 Å². The van der Waals surface area contributed by atoms with E-state index in [1.54, 1.807) is 0 Å². The summed E-state index contributed by atoms with van der Waals surface area (Å²) in [6, 6.07) is 2.30. The summed E-state index contributed by atoms with van der Waals surface area (Å²) in [6.07, 6.45) is 1.88. The fourth-order valence-electron chi connectivity index (χ4n) is 3.70. The Kier molecular flexibility index (Phi) is 5.34. The van der Waals surface area contributed by atoms with Gasteiger partial charge in [0.2, 0.25) is 0 Å². The topological polar surface area (TPSA) is 70.8 Å². The van der Waals surface area contributed by atoms with Crippen LogP contribution in [0.1, 0.15) is 31.7 Å². The molecule has 1 saturated carbocycles. The van der Waals surface area contributed by atoms with Crippen molar-refractivity contribution in [1.82, 2.24) is 20.3 Å². The molecule has 1 aromatic rings. The van der Waals surface area contributed by atoms with Crippen LogP contribution in [-0.2, 0) is 17.7 Å². The van der Waals surface area contributed by atoms with E-state index in [1.165, 1.54) is 0 Å². The van der Waals surface area contributed by atoms with Crippen LogP contribution >= 0.6 is 0 Å². The summed E-state index contributed by atoms with van der Waals surface area (Å²) in [7, 11) is 4.03. The number of morpholine rings is 1. The van der Waals surface area contributed by atoms with Gasteiger partial charge in [-0.1, -0.05) is 19.0 Å². The molecule has 2 unspecified atom stereocenters. The first-order chi connectivity index (χ1) is 11.9. The van der Waals surface area contributed by atoms with E-state index >= 15 is 0 Å². The maximum atomic E-state index is 12.4. The molecule has 25 heavy (non-hydrogen) atoms. The van der Waals surface area contributed by atoms with E-state index in [0.29, 0.717) is 32.2 Å². The Hall–Kier alpha value is -1.60.